The van der Waals surface area contributed by atoms with Gasteiger partial charge in [0.15, 0.2) is 5.82 Å². The van der Waals surface area contributed by atoms with Gasteiger partial charge in [0.2, 0.25) is 15.9 Å². The molecule has 0 saturated heterocycles. The average Bonchev–Trinajstić information content (AvgIpc) is 3.28. The Morgan fingerprint density at radius 2 is 1.88 bits per heavy atom. The molecule has 1 fully saturated rings. The molecule has 3 rings (SSSR count). The molecular formula is C19H27N3O3S. The molecule has 1 aliphatic rings. The van der Waals surface area contributed by atoms with E-state index in [0.29, 0.717) is 22.5 Å². The van der Waals surface area contributed by atoms with Crippen LogP contribution in [0.1, 0.15) is 67.9 Å². The van der Waals surface area contributed by atoms with Crippen LogP contribution in [0.5, 0.6) is 0 Å². The van der Waals surface area contributed by atoms with Gasteiger partial charge in [-0.1, -0.05) is 32.0 Å². The standard InChI is InChI=1S/C19H27N3O3S/c1-12-9-15(19(3,4)5)10-16(13(12)2)26(23,24)22(6)11-17-20-18(25-21-17)14-7-8-14/h9-10,14H,7-8,11H2,1-6H3. The summed E-state index contributed by atoms with van der Waals surface area (Å²) in [6, 6.07) is 3.86. The molecule has 1 aromatic heterocycles. The zero-order valence-electron chi connectivity index (χ0n) is 16.3. The summed E-state index contributed by atoms with van der Waals surface area (Å²) in [5.41, 5.74) is 2.62. The molecule has 0 N–H and O–H groups in total. The van der Waals surface area contributed by atoms with Crippen LogP contribution in [0, 0.1) is 13.8 Å². The summed E-state index contributed by atoms with van der Waals surface area (Å²) in [5, 5.41) is 3.93. The van der Waals surface area contributed by atoms with E-state index in [4.69, 9.17) is 4.52 Å². The molecule has 1 saturated carbocycles. The van der Waals surface area contributed by atoms with Crippen LogP contribution < -0.4 is 0 Å². The highest BCUT2D eigenvalue weighted by Gasteiger charge is 2.31. The predicted octanol–water partition coefficient (Wildman–Crippen LogP) is 3.68. The van der Waals surface area contributed by atoms with Crippen molar-refractivity contribution in [2.24, 2.45) is 0 Å². The van der Waals surface area contributed by atoms with Crippen molar-refractivity contribution in [3.05, 3.63) is 40.5 Å². The lowest BCUT2D eigenvalue weighted by molar-refractivity contribution is 0.366. The average molecular weight is 378 g/mol. The molecule has 1 heterocycles. The Labute approximate surface area is 155 Å². The lowest BCUT2D eigenvalue weighted by Gasteiger charge is -2.24. The number of benzene rings is 1. The molecule has 2 aromatic rings. The predicted molar refractivity (Wildman–Crippen MR) is 99.5 cm³/mol. The van der Waals surface area contributed by atoms with Gasteiger partial charge in [-0.2, -0.15) is 9.29 Å². The van der Waals surface area contributed by atoms with Crippen LogP contribution in [-0.4, -0.2) is 29.9 Å². The van der Waals surface area contributed by atoms with Gasteiger partial charge in [-0.3, -0.25) is 0 Å². The Morgan fingerprint density at radius 1 is 1.23 bits per heavy atom. The van der Waals surface area contributed by atoms with Gasteiger partial charge in [0.1, 0.15) is 0 Å². The van der Waals surface area contributed by atoms with Crippen molar-refractivity contribution in [3.63, 3.8) is 0 Å². The minimum atomic E-state index is -3.66. The van der Waals surface area contributed by atoms with Crippen molar-refractivity contribution in [2.75, 3.05) is 7.05 Å². The van der Waals surface area contributed by atoms with E-state index < -0.39 is 10.0 Å². The number of rotatable bonds is 5. The van der Waals surface area contributed by atoms with E-state index in [9.17, 15) is 8.42 Å². The van der Waals surface area contributed by atoms with Crippen LogP contribution in [0.3, 0.4) is 0 Å². The first-order valence-corrected chi connectivity index (χ1v) is 10.3. The number of aryl methyl sites for hydroxylation is 1. The zero-order valence-corrected chi connectivity index (χ0v) is 17.1. The van der Waals surface area contributed by atoms with Crippen LogP contribution in [0.15, 0.2) is 21.6 Å². The highest BCUT2D eigenvalue weighted by atomic mass is 32.2. The highest BCUT2D eigenvalue weighted by Crippen LogP contribution is 2.39. The quantitative estimate of drug-likeness (QED) is 0.794. The Morgan fingerprint density at radius 3 is 2.46 bits per heavy atom. The van der Waals surface area contributed by atoms with E-state index in [1.165, 1.54) is 4.31 Å². The Kier molecular flexibility index (Phi) is 4.73. The molecule has 26 heavy (non-hydrogen) atoms. The second kappa shape index (κ2) is 6.46. The van der Waals surface area contributed by atoms with Crippen LogP contribution in [-0.2, 0) is 22.0 Å². The van der Waals surface area contributed by atoms with Gasteiger partial charge in [-0.25, -0.2) is 8.42 Å². The molecule has 142 valence electrons. The van der Waals surface area contributed by atoms with Gasteiger partial charge in [0.25, 0.3) is 0 Å². The number of sulfonamides is 1. The highest BCUT2D eigenvalue weighted by molar-refractivity contribution is 7.89. The van der Waals surface area contributed by atoms with E-state index >= 15 is 0 Å². The van der Waals surface area contributed by atoms with Gasteiger partial charge < -0.3 is 4.52 Å². The van der Waals surface area contributed by atoms with Crippen molar-refractivity contribution >= 4 is 10.0 Å². The van der Waals surface area contributed by atoms with Crippen LogP contribution in [0.4, 0.5) is 0 Å². The fourth-order valence-corrected chi connectivity index (χ4v) is 4.25. The van der Waals surface area contributed by atoms with E-state index in [-0.39, 0.29) is 12.0 Å². The molecule has 7 heteroatoms. The third-order valence-corrected chi connectivity index (χ3v) is 6.88. The lowest BCUT2D eigenvalue weighted by atomic mass is 9.85. The van der Waals surface area contributed by atoms with E-state index in [2.05, 4.69) is 37.0 Å². The van der Waals surface area contributed by atoms with Gasteiger partial charge in [-0.05, 0) is 54.9 Å². The molecule has 0 spiro atoms. The second-order valence-electron chi connectivity index (χ2n) is 8.25. The summed E-state index contributed by atoms with van der Waals surface area (Å²) in [7, 11) is -2.10. The maximum absolute atomic E-state index is 13.2. The summed E-state index contributed by atoms with van der Waals surface area (Å²) in [5.74, 6) is 1.37. The van der Waals surface area contributed by atoms with Crippen molar-refractivity contribution in [3.8, 4) is 0 Å². The minimum Gasteiger partial charge on any atom is -0.339 e. The number of hydrogen-bond acceptors (Lipinski definition) is 5. The van der Waals surface area contributed by atoms with Crippen LogP contribution in [0.25, 0.3) is 0 Å². The fraction of sp³-hybridized carbons (Fsp3) is 0.579. The number of hydrogen-bond donors (Lipinski definition) is 0. The molecule has 1 aromatic carbocycles. The van der Waals surface area contributed by atoms with Crippen molar-refractivity contribution < 1.29 is 12.9 Å². The van der Waals surface area contributed by atoms with E-state index in [1.54, 1.807) is 13.1 Å². The van der Waals surface area contributed by atoms with Crippen molar-refractivity contribution in [2.45, 2.75) is 70.2 Å². The summed E-state index contributed by atoms with van der Waals surface area (Å²) >= 11 is 0. The second-order valence-corrected chi connectivity index (χ2v) is 10.3. The van der Waals surface area contributed by atoms with Crippen LogP contribution >= 0.6 is 0 Å². The Balaban J connectivity index is 1.91. The summed E-state index contributed by atoms with van der Waals surface area (Å²) < 4.78 is 32.9. The fourth-order valence-electron chi connectivity index (χ4n) is 2.81. The monoisotopic (exact) mass is 377 g/mol. The summed E-state index contributed by atoms with van der Waals surface area (Å²) in [6.07, 6.45) is 2.13. The van der Waals surface area contributed by atoms with E-state index in [0.717, 1.165) is 29.5 Å². The molecule has 0 amide bonds. The molecule has 1 aliphatic carbocycles. The van der Waals surface area contributed by atoms with Gasteiger partial charge >= 0.3 is 0 Å². The minimum absolute atomic E-state index is 0.0940. The molecular weight excluding hydrogens is 350 g/mol. The van der Waals surface area contributed by atoms with Crippen molar-refractivity contribution in [1.29, 1.82) is 0 Å². The topological polar surface area (TPSA) is 76.3 Å². The van der Waals surface area contributed by atoms with Gasteiger partial charge in [0.05, 0.1) is 11.4 Å². The van der Waals surface area contributed by atoms with Gasteiger partial charge in [0, 0.05) is 13.0 Å². The third kappa shape index (κ3) is 3.69. The molecule has 0 bridgehead atoms. The Hall–Kier alpha value is -1.73. The molecule has 0 aliphatic heterocycles. The summed E-state index contributed by atoms with van der Waals surface area (Å²) in [6.45, 7) is 10.1. The van der Waals surface area contributed by atoms with E-state index in [1.807, 2.05) is 13.8 Å². The van der Waals surface area contributed by atoms with Crippen LogP contribution in [0.2, 0.25) is 0 Å². The van der Waals surface area contributed by atoms with Gasteiger partial charge in [-0.15, -0.1) is 0 Å². The first-order valence-electron chi connectivity index (χ1n) is 8.90. The Bertz CT molecular complexity index is 922. The first-order chi connectivity index (χ1) is 12.0. The largest absolute Gasteiger partial charge is 0.339 e. The van der Waals surface area contributed by atoms with Crippen molar-refractivity contribution in [1.82, 2.24) is 14.4 Å². The molecule has 0 atom stereocenters. The normalized spacial score (nSPS) is 15.7. The SMILES string of the molecule is Cc1cc(C(C)(C)C)cc(S(=O)(=O)N(C)Cc2noc(C3CC3)n2)c1C. The number of aromatic nitrogens is 2. The third-order valence-electron chi connectivity index (χ3n) is 4.95. The smallest absolute Gasteiger partial charge is 0.243 e. The molecule has 6 nitrogen and oxygen atoms in total. The maximum Gasteiger partial charge on any atom is 0.243 e. The lowest BCUT2D eigenvalue weighted by Crippen LogP contribution is -2.28. The molecule has 0 unspecified atom stereocenters. The maximum atomic E-state index is 13.2. The molecule has 0 radical (unpaired) electrons. The first kappa shape index (κ1) is 19.0. The zero-order chi connectivity index (χ0) is 19.3. The number of nitrogens with zero attached hydrogens (tertiary/aromatic N) is 3. The summed E-state index contributed by atoms with van der Waals surface area (Å²) in [4.78, 5) is 4.68.